The molecule has 0 amide bonds. The quantitative estimate of drug-likeness (QED) is 0.852. The van der Waals surface area contributed by atoms with Gasteiger partial charge in [0.25, 0.3) is 0 Å². The van der Waals surface area contributed by atoms with Crippen molar-refractivity contribution in [2.45, 2.75) is 26.2 Å². The lowest BCUT2D eigenvalue weighted by Crippen LogP contribution is -2.60. The largest absolute Gasteiger partial charge is 0.323 e. The zero-order valence-electron chi connectivity index (χ0n) is 13.5. The molecular formula is C16H19NO3. The summed E-state index contributed by atoms with van der Waals surface area (Å²) < 4.78 is 33.0. The highest BCUT2D eigenvalue weighted by atomic mass is 16.9. The molecule has 3 aliphatic heterocycles. The highest BCUT2D eigenvalue weighted by molar-refractivity contribution is 5.33. The van der Waals surface area contributed by atoms with Crippen molar-refractivity contribution >= 4 is 0 Å². The number of benzene rings is 1. The highest BCUT2D eigenvalue weighted by Crippen LogP contribution is 2.48. The molecule has 1 aromatic rings. The molecule has 4 heteroatoms. The second kappa shape index (κ2) is 4.85. The monoisotopic (exact) mass is 277 g/mol. The van der Waals surface area contributed by atoms with Crippen LogP contribution in [-0.2, 0) is 20.2 Å². The fourth-order valence-electron chi connectivity index (χ4n) is 2.61. The van der Waals surface area contributed by atoms with Gasteiger partial charge in [-0.05, 0) is 30.2 Å². The normalized spacial score (nSPS) is 36.6. The summed E-state index contributed by atoms with van der Waals surface area (Å²) in [6.45, 7) is 3.36. The molecule has 3 heterocycles. The molecule has 0 aliphatic carbocycles. The fraction of sp³-hybridized carbons (Fsp3) is 0.562. The molecule has 3 saturated heterocycles. The molecule has 4 nitrogen and oxygen atoms in total. The Morgan fingerprint density at radius 2 is 1.90 bits per heavy atom. The van der Waals surface area contributed by atoms with E-state index in [1.54, 1.807) is 24.3 Å². The summed E-state index contributed by atoms with van der Waals surface area (Å²) in [5.41, 5.74) is 0.944. The number of ether oxygens (including phenoxy) is 3. The van der Waals surface area contributed by atoms with Crippen molar-refractivity contribution < 1.29 is 17.0 Å². The van der Waals surface area contributed by atoms with Gasteiger partial charge in [-0.2, -0.15) is 5.26 Å². The van der Waals surface area contributed by atoms with Crippen molar-refractivity contribution in [2.75, 3.05) is 19.8 Å². The summed E-state index contributed by atoms with van der Waals surface area (Å²) in [4.78, 5) is 0. The van der Waals surface area contributed by atoms with Crippen LogP contribution < -0.4 is 0 Å². The number of nitriles is 1. The Morgan fingerprint density at radius 3 is 2.40 bits per heavy atom. The Hall–Kier alpha value is -1.41. The summed E-state index contributed by atoms with van der Waals surface area (Å²) in [6, 6.07) is 9.04. The third-order valence-electron chi connectivity index (χ3n) is 4.34. The lowest BCUT2D eigenvalue weighted by molar-refractivity contribution is -0.485. The minimum atomic E-state index is -1.20. The number of rotatable bonds is 3. The Morgan fingerprint density at radius 1 is 1.30 bits per heavy atom. The molecule has 3 fully saturated rings. The maximum Gasteiger partial charge on any atom is 0.312 e. The van der Waals surface area contributed by atoms with Crippen molar-refractivity contribution in [3.05, 3.63) is 35.4 Å². The van der Waals surface area contributed by atoms with Crippen LogP contribution in [0.3, 0.4) is 0 Å². The topological polar surface area (TPSA) is 51.5 Å². The Bertz CT molecular complexity index is 560. The molecule has 106 valence electrons. The van der Waals surface area contributed by atoms with Gasteiger partial charge >= 0.3 is 5.97 Å². The lowest BCUT2D eigenvalue weighted by atomic mass is 9.75. The van der Waals surface area contributed by atoms with E-state index in [-0.39, 0.29) is 18.2 Å². The predicted octanol–water partition coefficient (Wildman–Crippen LogP) is 2.78. The molecule has 1 aromatic carbocycles. The Kier molecular flexibility index (Phi) is 2.73. The smallest absolute Gasteiger partial charge is 0.312 e. The zero-order valence-corrected chi connectivity index (χ0v) is 11.5. The summed E-state index contributed by atoms with van der Waals surface area (Å²) in [7, 11) is 0. The summed E-state index contributed by atoms with van der Waals surface area (Å²) >= 11 is 0. The first-order valence-corrected chi connectivity index (χ1v) is 6.69. The van der Waals surface area contributed by atoms with Crippen LogP contribution in [0.25, 0.3) is 0 Å². The van der Waals surface area contributed by atoms with Gasteiger partial charge < -0.3 is 14.2 Å². The molecule has 0 saturated carbocycles. The van der Waals surface area contributed by atoms with Gasteiger partial charge in [-0.3, -0.25) is 0 Å². The van der Waals surface area contributed by atoms with E-state index in [1.807, 2.05) is 6.92 Å². The van der Waals surface area contributed by atoms with Crippen LogP contribution in [0.5, 0.6) is 0 Å². The van der Waals surface area contributed by atoms with Crippen LogP contribution in [0.15, 0.2) is 24.3 Å². The van der Waals surface area contributed by atoms with Crippen LogP contribution >= 0.6 is 0 Å². The maximum atomic E-state index is 8.86. The highest BCUT2D eigenvalue weighted by Gasteiger charge is 2.55. The average molecular weight is 277 g/mol. The maximum absolute atomic E-state index is 8.86. The third-order valence-corrected chi connectivity index (χ3v) is 4.34. The molecule has 0 aromatic heterocycles. The van der Waals surface area contributed by atoms with Gasteiger partial charge in [-0.1, -0.05) is 20.2 Å². The fourth-order valence-corrected chi connectivity index (χ4v) is 2.61. The summed E-state index contributed by atoms with van der Waals surface area (Å²) in [5.74, 6) is -1.24. The number of hydrogen-bond acceptors (Lipinski definition) is 4. The molecule has 2 atom stereocenters. The van der Waals surface area contributed by atoms with E-state index in [2.05, 4.69) is 6.07 Å². The minimum Gasteiger partial charge on any atom is -0.323 e. The van der Waals surface area contributed by atoms with Crippen LogP contribution in [0.4, 0.5) is 0 Å². The first-order chi connectivity index (χ1) is 10.6. The second-order valence-electron chi connectivity index (χ2n) is 5.50. The van der Waals surface area contributed by atoms with Crippen LogP contribution in [0, 0.1) is 22.7 Å². The van der Waals surface area contributed by atoms with E-state index in [0.29, 0.717) is 25.4 Å². The SMILES string of the molecule is [3H]CC([3H])C(C)C12COC(c3ccc(C#N)cc3)(OC1)OC2. The first kappa shape index (κ1) is 11.3. The van der Waals surface area contributed by atoms with E-state index >= 15 is 0 Å². The first-order valence-electron chi connectivity index (χ1n) is 7.98. The van der Waals surface area contributed by atoms with Crippen LogP contribution in [0.1, 0.15) is 34.1 Å². The van der Waals surface area contributed by atoms with Crippen molar-refractivity contribution in [1.29, 1.82) is 5.26 Å². The third kappa shape index (κ3) is 1.94. The Labute approximate surface area is 122 Å². The summed E-state index contributed by atoms with van der Waals surface area (Å²) in [6.07, 6.45) is -0.476. The molecule has 3 aliphatic rings. The minimum absolute atomic E-state index is 0.0377. The zero-order chi connectivity index (χ0) is 15.8. The van der Waals surface area contributed by atoms with Crippen LogP contribution in [-0.4, -0.2) is 19.8 Å². The predicted molar refractivity (Wildman–Crippen MR) is 72.6 cm³/mol. The second-order valence-corrected chi connectivity index (χ2v) is 5.50. The molecule has 0 spiro atoms. The lowest BCUT2D eigenvalue weighted by Gasteiger charge is -2.54. The van der Waals surface area contributed by atoms with E-state index in [0.717, 1.165) is 5.56 Å². The molecule has 20 heavy (non-hydrogen) atoms. The van der Waals surface area contributed by atoms with Crippen molar-refractivity contribution in [3.63, 3.8) is 0 Å². The molecule has 2 bridgehead atoms. The molecule has 0 N–H and O–H groups in total. The van der Waals surface area contributed by atoms with Gasteiger partial charge in [0, 0.05) is 13.7 Å². The van der Waals surface area contributed by atoms with Crippen molar-refractivity contribution in [1.82, 2.24) is 0 Å². The molecule has 0 radical (unpaired) electrons. The van der Waals surface area contributed by atoms with Crippen molar-refractivity contribution in [3.8, 4) is 6.07 Å². The van der Waals surface area contributed by atoms with Gasteiger partial charge in [-0.15, -0.1) is 0 Å². The van der Waals surface area contributed by atoms with Gasteiger partial charge in [0.05, 0.1) is 31.5 Å². The van der Waals surface area contributed by atoms with Gasteiger partial charge in [0.1, 0.15) is 0 Å². The average Bonchev–Trinajstić information content (AvgIpc) is 2.62. The molecule has 4 rings (SSSR count). The standard InChI is InChI=1S/C16H19NO3/c1-3-12(2)15-9-18-16(19-10-15,20-11-15)14-6-4-13(8-17)5-7-14/h4-7,12H,3,9-11H2,1-2H3/i1T,3T. The van der Waals surface area contributed by atoms with Crippen LogP contribution in [0.2, 0.25) is 0 Å². The number of nitrogens with zero attached hydrogens (tertiary/aromatic N) is 1. The number of hydrogen-bond donors (Lipinski definition) is 0. The Balaban J connectivity index is 1.78. The van der Waals surface area contributed by atoms with Gasteiger partial charge in [0.15, 0.2) is 0 Å². The van der Waals surface area contributed by atoms with Gasteiger partial charge in [-0.25, -0.2) is 0 Å². The molecular weight excluding hydrogens is 254 g/mol. The van der Waals surface area contributed by atoms with E-state index in [4.69, 9.17) is 22.2 Å². The van der Waals surface area contributed by atoms with E-state index < -0.39 is 12.4 Å². The van der Waals surface area contributed by atoms with Gasteiger partial charge in [0.2, 0.25) is 0 Å². The van der Waals surface area contributed by atoms with E-state index in [9.17, 15) is 0 Å². The number of fused-ring (bicyclic) bond motifs is 3. The van der Waals surface area contributed by atoms with Crippen molar-refractivity contribution in [2.24, 2.45) is 11.3 Å². The molecule has 2 unspecified atom stereocenters. The van der Waals surface area contributed by atoms with E-state index in [1.165, 1.54) is 0 Å². The summed E-state index contributed by atoms with van der Waals surface area (Å²) in [5, 5.41) is 8.86.